The van der Waals surface area contributed by atoms with Crippen molar-refractivity contribution >= 4 is 27.4 Å². The molecule has 0 atom stereocenters. The highest BCUT2D eigenvalue weighted by molar-refractivity contribution is 7.89. The summed E-state index contributed by atoms with van der Waals surface area (Å²) < 4.78 is 38.1. The third kappa shape index (κ3) is 3.88. The molecule has 0 amide bonds. The quantitative estimate of drug-likeness (QED) is 0.610. The van der Waals surface area contributed by atoms with Gasteiger partial charge in [0.15, 0.2) is 16.6 Å². The van der Waals surface area contributed by atoms with Crippen LogP contribution in [-0.2, 0) is 10.0 Å². The number of ether oxygens (including phenoxy) is 2. The Labute approximate surface area is 153 Å². The molecular formula is C16H21N3O4S2. The van der Waals surface area contributed by atoms with E-state index >= 15 is 0 Å². The summed E-state index contributed by atoms with van der Waals surface area (Å²) in [5, 5.41) is 3.68. The molecule has 0 radical (unpaired) electrons. The van der Waals surface area contributed by atoms with Gasteiger partial charge >= 0.3 is 0 Å². The van der Waals surface area contributed by atoms with Crippen molar-refractivity contribution in [3.05, 3.63) is 30.9 Å². The van der Waals surface area contributed by atoms with Gasteiger partial charge in [-0.25, -0.2) is 8.42 Å². The first-order chi connectivity index (χ1) is 12.0. The predicted molar refractivity (Wildman–Crippen MR) is 98.6 cm³/mol. The minimum atomic E-state index is -3.57. The van der Waals surface area contributed by atoms with Gasteiger partial charge in [-0.3, -0.25) is 0 Å². The molecular weight excluding hydrogens is 362 g/mol. The van der Waals surface area contributed by atoms with Crippen molar-refractivity contribution in [3.63, 3.8) is 0 Å². The van der Waals surface area contributed by atoms with E-state index in [1.54, 1.807) is 18.2 Å². The van der Waals surface area contributed by atoms with Crippen molar-refractivity contribution in [2.75, 3.05) is 45.9 Å². The van der Waals surface area contributed by atoms with Crippen LogP contribution in [0.15, 0.2) is 35.7 Å². The summed E-state index contributed by atoms with van der Waals surface area (Å²) in [5.74, 6) is 1.05. The number of sulfonamides is 1. The molecule has 1 N–H and O–H groups in total. The normalized spacial score (nSPS) is 17.8. The molecule has 25 heavy (non-hydrogen) atoms. The Morgan fingerprint density at radius 1 is 1.20 bits per heavy atom. The Morgan fingerprint density at radius 3 is 2.56 bits per heavy atom. The molecule has 2 aliphatic rings. The fourth-order valence-corrected chi connectivity index (χ4v) is 4.44. The van der Waals surface area contributed by atoms with Gasteiger partial charge in [0.25, 0.3) is 0 Å². The first-order valence-corrected chi connectivity index (χ1v) is 9.90. The standard InChI is InChI=1S/C16H21N3O4S2/c1-2-5-17-16(24)18-6-8-19(9-7-18)25(20,21)13-3-4-14-15(12-13)23-11-10-22-14/h2-4,12H,1,5-11H2,(H,17,24). The van der Waals surface area contributed by atoms with Gasteiger partial charge in [-0.1, -0.05) is 6.08 Å². The van der Waals surface area contributed by atoms with E-state index in [1.165, 1.54) is 10.4 Å². The second-order valence-corrected chi connectivity index (χ2v) is 8.00. The van der Waals surface area contributed by atoms with E-state index < -0.39 is 10.0 Å². The lowest BCUT2D eigenvalue weighted by Gasteiger charge is -2.35. The maximum atomic E-state index is 12.9. The number of benzene rings is 1. The highest BCUT2D eigenvalue weighted by atomic mass is 32.2. The lowest BCUT2D eigenvalue weighted by atomic mass is 10.3. The molecule has 7 nitrogen and oxygen atoms in total. The van der Waals surface area contributed by atoms with Crippen molar-refractivity contribution in [2.45, 2.75) is 4.90 Å². The van der Waals surface area contributed by atoms with E-state index in [1.807, 2.05) is 4.90 Å². The molecule has 3 rings (SSSR count). The Morgan fingerprint density at radius 2 is 1.88 bits per heavy atom. The number of nitrogens with zero attached hydrogens (tertiary/aromatic N) is 2. The minimum absolute atomic E-state index is 0.220. The van der Waals surface area contributed by atoms with Crippen LogP contribution in [0.1, 0.15) is 0 Å². The third-order valence-electron chi connectivity index (χ3n) is 4.07. The zero-order valence-electron chi connectivity index (χ0n) is 13.8. The van der Waals surface area contributed by atoms with E-state index in [4.69, 9.17) is 21.7 Å². The molecule has 0 aliphatic carbocycles. The molecule has 136 valence electrons. The fraction of sp³-hybridized carbons (Fsp3) is 0.438. The molecule has 1 saturated heterocycles. The van der Waals surface area contributed by atoms with Crippen molar-refractivity contribution < 1.29 is 17.9 Å². The summed E-state index contributed by atoms with van der Waals surface area (Å²) in [6.45, 7) is 6.98. The Hall–Kier alpha value is -1.84. The van der Waals surface area contributed by atoms with E-state index in [0.29, 0.717) is 62.5 Å². The topological polar surface area (TPSA) is 71.1 Å². The number of rotatable bonds is 4. The first-order valence-electron chi connectivity index (χ1n) is 8.06. The number of thiocarbonyl (C=S) groups is 1. The van der Waals surface area contributed by atoms with Gasteiger partial charge in [0, 0.05) is 38.8 Å². The SMILES string of the molecule is C=CCNC(=S)N1CCN(S(=O)(=O)c2ccc3c(c2)OCCO3)CC1. The van der Waals surface area contributed by atoms with Crippen LogP contribution in [0, 0.1) is 0 Å². The molecule has 0 unspecified atom stereocenters. The van der Waals surface area contributed by atoms with Crippen molar-refractivity contribution in [1.82, 2.24) is 14.5 Å². The van der Waals surface area contributed by atoms with E-state index in [2.05, 4.69) is 11.9 Å². The predicted octanol–water partition coefficient (Wildman–Crippen LogP) is 0.825. The molecule has 1 aromatic rings. The van der Waals surface area contributed by atoms with E-state index in [-0.39, 0.29) is 4.90 Å². The van der Waals surface area contributed by atoms with Gasteiger partial charge in [-0.15, -0.1) is 6.58 Å². The maximum absolute atomic E-state index is 12.9. The summed E-state index contributed by atoms with van der Waals surface area (Å²) in [4.78, 5) is 2.19. The second kappa shape index (κ2) is 7.59. The van der Waals surface area contributed by atoms with Crippen LogP contribution in [0.5, 0.6) is 11.5 Å². The minimum Gasteiger partial charge on any atom is -0.486 e. The van der Waals surface area contributed by atoms with Crippen LogP contribution >= 0.6 is 12.2 Å². The summed E-state index contributed by atoms with van der Waals surface area (Å²) in [5.41, 5.74) is 0. The highest BCUT2D eigenvalue weighted by Crippen LogP contribution is 2.33. The monoisotopic (exact) mass is 383 g/mol. The summed E-state index contributed by atoms with van der Waals surface area (Å²) >= 11 is 5.30. The lowest BCUT2D eigenvalue weighted by Crippen LogP contribution is -2.53. The second-order valence-electron chi connectivity index (χ2n) is 5.67. The highest BCUT2D eigenvalue weighted by Gasteiger charge is 2.30. The maximum Gasteiger partial charge on any atom is 0.243 e. The van der Waals surface area contributed by atoms with Gasteiger partial charge in [0.05, 0.1) is 4.90 Å². The Bertz CT molecular complexity index is 759. The van der Waals surface area contributed by atoms with Gasteiger partial charge in [0.2, 0.25) is 10.0 Å². The van der Waals surface area contributed by atoms with E-state index in [0.717, 1.165) is 0 Å². The van der Waals surface area contributed by atoms with E-state index in [9.17, 15) is 8.42 Å². The molecule has 2 heterocycles. The Kier molecular flexibility index (Phi) is 5.45. The van der Waals surface area contributed by atoms with Crippen LogP contribution in [-0.4, -0.2) is 68.7 Å². The molecule has 0 spiro atoms. The van der Waals surface area contributed by atoms with Crippen LogP contribution in [0.4, 0.5) is 0 Å². The summed E-state index contributed by atoms with van der Waals surface area (Å²) in [6, 6.07) is 4.74. The first kappa shape index (κ1) is 18.0. The van der Waals surface area contributed by atoms with Crippen LogP contribution in [0.3, 0.4) is 0 Å². The van der Waals surface area contributed by atoms with Crippen LogP contribution in [0.25, 0.3) is 0 Å². The number of fused-ring (bicyclic) bond motifs is 1. The summed E-state index contributed by atoms with van der Waals surface area (Å²) in [6.07, 6.45) is 1.73. The molecule has 9 heteroatoms. The van der Waals surface area contributed by atoms with Gasteiger partial charge in [-0.2, -0.15) is 4.31 Å². The van der Waals surface area contributed by atoms with Gasteiger partial charge in [0.1, 0.15) is 13.2 Å². The largest absolute Gasteiger partial charge is 0.486 e. The third-order valence-corrected chi connectivity index (χ3v) is 6.37. The number of piperazine rings is 1. The number of nitrogens with one attached hydrogen (secondary N) is 1. The van der Waals surface area contributed by atoms with Crippen LogP contribution in [0.2, 0.25) is 0 Å². The average molecular weight is 383 g/mol. The molecule has 1 aromatic carbocycles. The summed E-state index contributed by atoms with van der Waals surface area (Å²) in [7, 11) is -3.57. The van der Waals surface area contributed by atoms with Crippen molar-refractivity contribution in [3.8, 4) is 11.5 Å². The zero-order valence-corrected chi connectivity index (χ0v) is 15.4. The molecule has 0 aromatic heterocycles. The molecule has 0 bridgehead atoms. The van der Waals surface area contributed by atoms with Gasteiger partial charge < -0.3 is 19.7 Å². The smallest absolute Gasteiger partial charge is 0.243 e. The molecule has 2 aliphatic heterocycles. The Balaban J connectivity index is 1.68. The number of hydrogen-bond acceptors (Lipinski definition) is 5. The van der Waals surface area contributed by atoms with Crippen molar-refractivity contribution in [1.29, 1.82) is 0 Å². The average Bonchev–Trinajstić information content (AvgIpc) is 2.65. The van der Waals surface area contributed by atoms with Gasteiger partial charge in [-0.05, 0) is 24.4 Å². The van der Waals surface area contributed by atoms with Crippen molar-refractivity contribution in [2.24, 2.45) is 0 Å². The molecule has 1 fully saturated rings. The zero-order chi connectivity index (χ0) is 17.9. The lowest BCUT2D eigenvalue weighted by molar-refractivity contribution is 0.171. The van der Waals surface area contributed by atoms with Crippen LogP contribution < -0.4 is 14.8 Å². The molecule has 0 saturated carbocycles. The number of hydrogen-bond donors (Lipinski definition) is 1. The fourth-order valence-electron chi connectivity index (χ4n) is 2.74.